The number of aliphatic hydroxyl groups is 1. The van der Waals surface area contributed by atoms with Gasteiger partial charge in [-0.25, -0.2) is 5.84 Å². The third kappa shape index (κ3) is 4.20. The van der Waals surface area contributed by atoms with Crippen molar-refractivity contribution in [1.29, 1.82) is 0 Å². The molecule has 0 aliphatic rings. The van der Waals surface area contributed by atoms with Gasteiger partial charge in [-0.05, 0) is 0 Å². The number of rotatable bonds is 3. The molecule has 0 saturated heterocycles. The van der Waals surface area contributed by atoms with Crippen LogP contribution in [-0.2, 0) is 4.79 Å². The van der Waals surface area contributed by atoms with Crippen LogP contribution in [0.25, 0.3) is 0 Å². The van der Waals surface area contributed by atoms with E-state index in [4.69, 9.17) is 22.6 Å². The Kier molecular flexibility index (Phi) is 4.39. The van der Waals surface area contributed by atoms with Crippen molar-refractivity contribution in [3.63, 3.8) is 0 Å². The van der Waals surface area contributed by atoms with Crippen molar-refractivity contribution in [3.05, 3.63) is 0 Å². The molecule has 4 nitrogen and oxygen atoms in total. The zero-order chi connectivity index (χ0) is 7.28. The van der Waals surface area contributed by atoms with E-state index in [1.807, 2.05) is 5.43 Å². The molecular formula is C4H9ClN2O2. The van der Waals surface area contributed by atoms with Crippen LogP contribution in [0.1, 0.15) is 6.42 Å². The molecule has 1 amide bonds. The molecule has 0 aliphatic heterocycles. The second-order valence-corrected chi connectivity index (χ2v) is 1.89. The van der Waals surface area contributed by atoms with Gasteiger partial charge >= 0.3 is 0 Å². The van der Waals surface area contributed by atoms with Crippen LogP contribution in [-0.4, -0.2) is 23.0 Å². The van der Waals surface area contributed by atoms with Gasteiger partial charge in [0.1, 0.15) is 0 Å². The van der Waals surface area contributed by atoms with Gasteiger partial charge in [0.25, 0.3) is 0 Å². The third-order valence-corrected chi connectivity index (χ3v) is 1.12. The molecule has 5 heteroatoms. The second kappa shape index (κ2) is 4.55. The Labute approximate surface area is 58.0 Å². The minimum Gasteiger partial charge on any atom is -0.391 e. The van der Waals surface area contributed by atoms with E-state index in [2.05, 4.69) is 0 Å². The van der Waals surface area contributed by atoms with Gasteiger partial charge in [-0.1, -0.05) is 0 Å². The van der Waals surface area contributed by atoms with Crippen LogP contribution in [0.4, 0.5) is 0 Å². The van der Waals surface area contributed by atoms with Crippen LogP contribution in [0.5, 0.6) is 0 Å². The Morgan fingerprint density at radius 2 is 2.44 bits per heavy atom. The molecular weight excluding hydrogens is 144 g/mol. The Balaban J connectivity index is 3.34. The Morgan fingerprint density at radius 1 is 1.89 bits per heavy atom. The van der Waals surface area contributed by atoms with E-state index in [-0.39, 0.29) is 12.3 Å². The van der Waals surface area contributed by atoms with E-state index in [9.17, 15) is 4.79 Å². The van der Waals surface area contributed by atoms with E-state index in [1.165, 1.54) is 0 Å². The molecule has 9 heavy (non-hydrogen) atoms. The van der Waals surface area contributed by atoms with E-state index in [0.717, 1.165) is 0 Å². The fraction of sp³-hybridized carbons (Fsp3) is 0.750. The molecule has 1 unspecified atom stereocenters. The first-order valence-electron chi connectivity index (χ1n) is 2.44. The first-order chi connectivity index (χ1) is 4.20. The number of nitrogens with two attached hydrogens (primary N) is 1. The molecule has 4 N–H and O–H groups in total. The first-order valence-corrected chi connectivity index (χ1v) is 2.97. The Morgan fingerprint density at radius 3 is 2.78 bits per heavy atom. The lowest BCUT2D eigenvalue weighted by Crippen LogP contribution is -2.33. The van der Waals surface area contributed by atoms with Crippen LogP contribution in [0.2, 0.25) is 0 Å². The van der Waals surface area contributed by atoms with Crippen LogP contribution < -0.4 is 11.3 Å². The standard InChI is InChI=1S/C4H9ClN2O2/c5-2-3(8)1-4(9)7-6/h3,8H,1-2,6H2,(H,7,9). The highest BCUT2D eigenvalue weighted by Crippen LogP contribution is 1.92. The van der Waals surface area contributed by atoms with E-state index >= 15 is 0 Å². The number of amides is 1. The van der Waals surface area contributed by atoms with Crippen molar-refractivity contribution in [2.75, 3.05) is 5.88 Å². The SMILES string of the molecule is NNC(=O)CC(O)CCl. The summed E-state index contributed by atoms with van der Waals surface area (Å²) in [7, 11) is 0. The number of carbonyl (C=O) groups excluding carboxylic acids is 1. The van der Waals surface area contributed by atoms with Crippen molar-refractivity contribution in [3.8, 4) is 0 Å². The number of halogens is 1. The van der Waals surface area contributed by atoms with Crippen molar-refractivity contribution in [1.82, 2.24) is 5.43 Å². The van der Waals surface area contributed by atoms with Crippen LogP contribution in [0.3, 0.4) is 0 Å². The minimum absolute atomic E-state index is 0.0417. The number of hydrogen-bond acceptors (Lipinski definition) is 3. The van der Waals surface area contributed by atoms with Gasteiger partial charge in [0, 0.05) is 5.88 Å². The largest absolute Gasteiger partial charge is 0.391 e. The summed E-state index contributed by atoms with van der Waals surface area (Å²) in [6.07, 6.45) is -0.838. The lowest BCUT2D eigenvalue weighted by atomic mass is 10.3. The predicted octanol–water partition coefficient (Wildman–Crippen LogP) is -1.03. The van der Waals surface area contributed by atoms with Gasteiger partial charge in [0.05, 0.1) is 12.5 Å². The van der Waals surface area contributed by atoms with E-state index < -0.39 is 12.0 Å². The summed E-state index contributed by atoms with van der Waals surface area (Å²) in [5.41, 5.74) is 1.87. The molecule has 0 rings (SSSR count). The van der Waals surface area contributed by atoms with Crippen molar-refractivity contribution >= 4 is 17.5 Å². The van der Waals surface area contributed by atoms with Crippen molar-refractivity contribution in [2.45, 2.75) is 12.5 Å². The van der Waals surface area contributed by atoms with Crippen molar-refractivity contribution in [2.24, 2.45) is 5.84 Å². The third-order valence-electron chi connectivity index (χ3n) is 0.760. The topological polar surface area (TPSA) is 75.3 Å². The van der Waals surface area contributed by atoms with Crippen LogP contribution in [0, 0.1) is 0 Å². The smallest absolute Gasteiger partial charge is 0.236 e. The minimum atomic E-state index is -0.796. The summed E-state index contributed by atoms with van der Waals surface area (Å²) < 4.78 is 0. The molecule has 0 bridgehead atoms. The fourth-order valence-electron chi connectivity index (χ4n) is 0.327. The lowest BCUT2D eigenvalue weighted by Gasteiger charge is -2.02. The number of hydrazine groups is 1. The molecule has 0 spiro atoms. The summed E-state index contributed by atoms with van der Waals surface area (Å²) in [6, 6.07) is 0. The highest BCUT2D eigenvalue weighted by molar-refractivity contribution is 6.18. The number of hydrogen-bond donors (Lipinski definition) is 3. The van der Waals surface area contributed by atoms with Gasteiger partial charge in [-0.15, -0.1) is 11.6 Å². The van der Waals surface area contributed by atoms with E-state index in [1.54, 1.807) is 0 Å². The monoisotopic (exact) mass is 152 g/mol. The number of alkyl halides is 1. The number of aliphatic hydroxyl groups excluding tert-OH is 1. The van der Waals surface area contributed by atoms with E-state index in [0.29, 0.717) is 0 Å². The highest BCUT2D eigenvalue weighted by atomic mass is 35.5. The van der Waals surface area contributed by atoms with Crippen LogP contribution >= 0.6 is 11.6 Å². The average molecular weight is 153 g/mol. The van der Waals surface area contributed by atoms with Gasteiger partial charge in [-0.2, -0.15) is 0 Å². The fourth-order valence-corrected chi connectivity index (χ4v) is 0.437. The molecule has 0 aromatic heterocycles. The molecule has 0 aromatic carbocycles. The average Bonchev–Trinajstić information content (AvgIpc) is 1.87. The highest BCUT2D eigenvalue weighted by Gasteiger charge is 2.06. The second-order valence-electron chi connectivity index (χ2n) is 1.58. The van der Waals surface area contributed by atoms with Crippen LogP contribution in [0.15, 0.2) is 0 Å². The molecule has 0 fully saturated rings. The maximum absolute atomic E-state index is 10.3. The summed E-state index contributed by atoms with van der Waals surface area (Å²) in [6.45, 7) is 0. The molecule has 1 atom stereocenters. The van der Waals surface area contributed by atoms with Gasteiger partial charge in [-0.3, -0.25) is 10.2 Å². The summed E-state index contributed by atoms with van der Waals surface area (Å²) in [5, 5.41) is 8.71. The summed E-state index contributed by atoms with van der Waals surface area (Å²) in [5.74, 6) is 4.36. The normalized spacial score (nSPS) is 12.8. The molecule has 0 radical (unpaired) electrons. The zero-order valence-electron chi connectivity index (χ0n) is 4.80. The number of carbonyl (C=O) groups is 1. The Hall–Kier alpha value is -0.320. The maximum atomic E-state index is 10.3. The predicted molar refractivity (Wildman–Crippen MR) is 33.7 cm³/mol. The number of nitrogens with one attached hydrogen (secondary N) is 1. The zero-order valence-corrected chi connectivity index (χ0v) is 5.56. The maximum Gasteiger partial charge on any atom is 0.236 e. The molecule has 0 saturated carbocycles. The quantitative estimate of drug-likeness (QED) is 0.209. The summed E-state index contributed by atoms with van der Waals surface area (Å²) in [4.78, 5) is 10.3. The van der Waals surface area contributed by atoms with Gasteiger partial charge in [0.2, 0.25) is 5.91 Å². The Bertz CT molecular complexity index is 98.6. The molecule has 0 heterocycles. The van der Waals surface area contributed by atoms with Gasteiger partial charge in [0.15, 0.2) is 0 Å². The summed E-state index contributed by atoms with van der Waals surface area (Å²) >= 11 is 5.18. The van der Waals surface area contributed by atoms with Gasteiger partial charge < -0.3 is 5.11 Å². The van der Waals surface area contributed by atoms with Crippen molar-refractivity contribution < 1.29 is 9.90 Å². The molecule has 54 valence electrons. The lowest BCUT2D eigenvalue weighted by molar-refractivity contribution is -0.122. The first kappa shape index (κ1) is 8.68. The molecule has 0 aliphatic carbocycles. The molecule has 0 aromatic rings.